The van der Waals surface area contributed by atoms with Crippen LogP contribution in [-0.2, 0) is 0 Å². The summed E-state index contributed by atoms with van der Waals surface area (Å²) in [4.78, 5) is 9.43. The first-order valence-electron chi connectivity index (χ1n) is 12.6. The van der Waals surface area contributed by atoms with E-state index >= 15 is 0 Å². The number of rotatable bonds is 3. The molecule has 0 saturated carbocycles. The second-order valence-electron chi connectivity index (χ2n) is 9.43. The van der Waals surface area contributed by atoms with E-state index in [1.165, 1.54) is 0 Å². The Morgan fingerprint density at radius 1 is 0.590 bits per heavy atom. The third kappa shape index (κ3) is 3.34. The van der Waals surface area contributed by atoms with Crippen molar-refractivity contribution in [1.29, 1.82) is 5.26 Å². The fraction of sp³-hybridized carbons (Fsp3) is 0. The number of oxazole rings is 2. The van der Waals surface area contributed by atoms with Crippen LogP contribution in [0.3, 0.4) is 0 Å². The van der Waals surface area contributed by atoms with Crippen molar-refractivity contribution in [2.45, 2.75) is 0 Å². The van der Waals surface area contributed by atoms with Gasteiger partial charge in [-0.25, -0.2) is 9.97 Å². The molecule has 0 N–H and O–H groups in total. The van der Waals surface area contributed by atoms with Gasteiger partial charge in [0, 0.05) is 27.6 Å². The van der Waals surface area contributed by atoms with Crippen molar-refractivity contribution in [1.82, 2.24) is 14.5 Å². The number of benzene rings is 5. The quantitative estimate of drug-likeness (QED) is 0.243. The second-order valence-corrected chi connectivity index (χ2v) is 9.43. The van der Waals surface area contributed by atoms with Gasteiger partial charge in [0.15, 0.2) is 11.2 Å². The van der Waals surface area contributed by atoms with Crippen LogP contribution >= 0.6 is 0 Å². The molecule has 3 aromatic heterocycles. The standard InChI is InChI=1S/C33H18N4O2/c34-19-20-9-13-23(14-10-20)37-28-15-11-21(32-35-26-5-1-3-7-30(26)38-32)17-24(28)25-18-22(12-16-29(25)37)33-36-27-6-2-4-8-31(27)39-33/h1-18H. The lowest BCUT2D eigenvalue weighted by Gasteiger charge is -2.08. The van der Waals surface area contributed by atoms with Gasteiger partial charge in [-0.2, -0.15) is 5.26 Å². The summed E-state index contributed by atoms with van der Waals surface area (Å²) in [6.45, 7) is 0. The lowest BCUT2D eigenvalue weighted by atomic mass is 10.1. The monoisotopic (exact) mass is 502 g/mol. The van der Waals surface area contributed by atoms with Crippen LogP contribution in [0.5, 0.6) is 0 Å². The molecule has 8 aromatic rings. The van der Waals surface area contributed by atoms with E-state index in [0.717, 1.165) is 60.8 Å². The van der Waals surface area contributed by atoms with Crippen LogP contribution in [0.15, 0.2) is 118 Å². The molecule has 39 heavy (non-hydrogen) atoms. The highest BCUT2D eigenvalue weighted by atomic mass is 16.4. The first-order valence-corrected chi connectivity index (χ1v) is 12.6. The van der Waals surface area contributed by atoms with Gasteiger partial charge in [0.05, 0.1) is 22.7 Å². The summed E-state index contributed by atoms with van der Waals surface area (Å²) >= 11 is 0. The Labute approximate surface area is 222 Å². The highest BCUT2D eigenvalue weighted by Gasteiger charge is 2.17. The molecule has 3 heterocycles. The molecule has 0 fully saturated rings. The van der Waals surface area contributed by atoms with Crippen LogP contribution in [0.4, 0.5) is 0 Å². The summed E-state index contributed by atoms with van der Waals surface area (Å²) in [5, 5.41) is 11.4. The molecule has 0 radical (unpaired) electrons. The van der Waals surface area contributed by atoms with E-state index in [1.54, 1.807) is 0 Å². The number of fused-ring (bicyclic) bond motifs is 5. The Morgan fingerprint density at radius 3 is 1.59 bits per heavy atom. The minimum Gasteiger partial charge on any atom is -0.436 e. The predicted octanol–water partition coefficient (Wildman–Crippen LogP) is 8.27. The van der Waals surface area contributed by atoms with Crippen LogP contribution in [-0.4, -0.2) is 14.5 Å². The van der Waals surface area contributed by atoms with Gasteiger partial charge >= 0.3 is 0 Å². The van der Waals surface area contributed by atoms with E-state index in [1.807, 2.05) is 84.9 Å². The maximum atomic E-state index is 9.30. The van der Waals surface area contributed by atoms with Crippen LogP contribution in [0, 0.1) is 11.3 Å². The number of aromatic nitrogens is 3. The summed E-state index contributed by atoms with van der Waals surface area (Å²) in [6, 6.07) is 37.9. The highest BCUT2D eigenvalue weighted by Crippen LogP contribution is 2.37. The summed E-state index contributed by atoms with van der Waals surface area (Å²) in [7, 11) is 0. The number of para-hydroxylation sites is 4. The molecule has 0 saturated heterocycles. The van der Waals surface area contributed by atoms with E-state index < -0.39 is 0 Å². The Kier molecular flexibility index (Phi) is 4.49. The van der Waals surface area contributed by atoms with Gasteiger partial charge in [-0.1, -0.05) is 24.3 Å². The van der Waals surface area contributed by atoms with Crippen molar-refractivity contribution in [2.24, 2.45) is 0 Å². The first kappa shape index (κ1) is 21.4. The fourth-order valence-corrected chi connectivity index (χ4v) is 5.24. The molecule has 0 unspecified atom stereocenters. The van der Waals surface area contributed by atoms with E-state index in [9.17, 15) is 5.26 Å². The molecule has 8 rings (SSSR count). The largest absolute Gasteiger partial charge is 0.436 e. The minimum absolute atomic E-state index is 0.576. The average Bonchev–Trinajstić information content (AvgIpc) is 3.70. The Balaban J connectivity index is 1.38. The molecule has 0 bridgehead atoms. The first-order chi connectivity index (χ1) is 19.2. The van der Waals surface area contributed by atoms with Gasteiger partial charge in [0.2, 0.25) is 11.8 Å². The number of nitrogens with zero attached hydrogens (tertiary/aromatic N) is 4. The number of hydrogen-bond acceptors (Lipinski definition) is 5. The topological polar surface area (TPSA) is 80.8 Å². The van der Waals surface area contributed by atoms with Gasteiger partial charge in [-0.3, -0.25) is 0 Å². The van der Waals surface area contributed by atoms with Crippen LogP contribution in [0.1, 0.15) is 5.56 Å². The molecule has 0 spiro atoms. The average molecular weight is 503 g/mol. The zero-order valence-electron chi connectivity index (χ0n) is 20.5. The van der Waals surface area contributed by atoms with Crippen molar-refractivity contribution < 1.29 is 8.83 Å². The Hall–Kier alpha value is -5.67. The Morgan fingerprint density at radius 2 is 1.10 bits per heavy atom. The van der Waals surface area contributed by atoms with Gasteiger partial charge < -0.3 is 13.4 Å². The lowest BCUT2D eigenvalue weighted by molar-refractivity contribution is 0.619. The molecule has 6 nitrogen and oxygen atoms in total. The third-order valence-electron chi connectivity index (χ3n) is 7.10. The van der Waals surface area contributed by atoms with Crippen molar-refractivity contribution in [2.75, 3.05) is 0 Å². The zero-order valence-corrected chi connectivity index (χ0v) is 20.5. The molecule has 0 amide bonds. The highest BCUT2D eigenvalue weighted by molar-refractivity contribution is 6.11. The normalized spacial score (nSPS) is 11.6. The summed E-state index contributed by atoms with van der Waals surface area (Å²) in [5.41, 5.74) is 8.60. The van der Waals surface area contributed by atoms with E-state index in [4.69, 9.17) is 18.8 Å². The maximum Gasteiger partial charge on any atom is 0.227 e. The predicted molar refractivity (Wildman–Crippen MR) is 152 cm³/mol. The molecule has 5 aromatic carbocycles. The summed E-state index contributed by atoms with van der Waals surface area (Å²) < 4.78 is 14.4. The van der Waals surface area contributed by atoms with Crippen LogP contribution in [0.2, 0.25) is 0 Å². The Bertz CT molecular complexity index is 2050. The number of hydrogen-bond donors (Lipinski definition) is 0. The van der Waals surface area contributed by atoms with Gasteiger partial charge in [-0.15, -0.1) is 0 Å². The van der Waals surface area contributed by atoms with Gasteiger partial charge in [-0.05, 0) is 84.9 Å². The summed E-state index contributed by atoms with van der Waals surface area (Å²) in [6.07, 6.45) is 0. The maximum absolute atomic E-state index is 9.30. The third-order valence-corrected chi connectivity index (χ3v) is 7.10. The molecular weight excluding hydrogens is 484 g/mol. The molecule has 0 aliphatic carbocycles. The van der Waals surface area contributed by atoms with Crippen molar-refractivity contribution in [3.05, 3.63) is 115 Å². The SMILES string of the molecule is N#Cc1ccc(-n2c3ccc(-c4nc5ccccc5o4)cc3c3cc(-c4nc5ccccc5o4)ccc32)cc1. The lowest BCUT2D eigenvalue weighted by Crippen LogP contribution is -1.94. The fourth-order valence-electron chi connectivity index (χ4n) is 5.24. The molecule has 0 atom stereocenters. The van der Waals surface area contributed by atoms with Gasteiger partial charge in [0.25, 0.3) is 0 Å². The molecule has 6 heteroatoms. The van der Waals surface area contributed by atoms with Gasteiger partial charge in [0.1, 0.15) is 11.0 Å². The smallest absolute Gasteiger partial charge is 0.227 e. The van der Waals surface area contributed by atoms with Crippen molar-refractivity contribution >= 4 is 44.0 Å². The van der Waals surface area contributed by atoms with E-state index in [2.05, 4.69) is 34.9 Å². The van der Waals surface area contributed by atoms with Crippen molar-refractivity contribution in [3.8, 4) is 34.7 Å². The summed E-state index contributed by atoms with van der Waals surface area (Å²) in [5.74, 6) is 1.15. The van der Waals surface area contributed by atoms with Crippen LogP contribution < -0.4 is 0 Å². The van der Waals surface area contributed by atoms with E-state index in [0.29, 0.717) is 17.3 Å². The number of nitriles is 1. The minimum atomic E-state index is 0.576. The van der Waals surface area contributed by atoms with Crippen molar-refractivity contribution in [3.63, 3.8) is 0 Å². The van der Waals surface area contributed by atoms with E-state index in [-0.39, 0.29) is 0 Å². The molecule has 0 aliphatic heterocycles. The molecule has 182 valence electrons. The molecule has 0 aliphatic rings. The second kappa shape index (κ2) is 8.17. The zero-order chi connectivity index (χ0) is 25.9. The molecular formula is C33H18N4O2. The van der Waals surface area contributed by atoms with Crippen LogP contribution in [0.25, 0.3) is 72.6 Å².